The number of benzene rings is 1. The molecule has 2 rings (SSSR count). The smallest absolute Gasteiger partial charge is 0.309 e. The van der Waals surface area contributed by atoms with Crippen molar-refractivity contribution >= 4 is 11.8 Å². The minimum Gasteiger partial charge on any atom is -0.354 e. The standard InChI is InChI=1S/C19H28N2O4/c1-4-16(15-10-9-13-7-5-6-8-14(13)11-15)21-19(23)18(22)20-12-17(24-2)25-3/h9-11,16-17H,4-8,12H2,1-3H3,(H,20,22)(H,21,23). The fourth-order valence-electron chi connectivity index (χ4n) is 3.13. The number of rotatable bonds is 7. The average Bonchev–Trinajstić information content (AvgIpc) is 2.66. The Bertz CT molecular complexity index is 599. The van der Waals surface area contributed by atoms with Crippen molar-refractivity contribution in [3.05, 3.63) is 34.9 Å². The van der Waals surface area contributed by atoms with Crippen molar-refractivity contribution in [3.63, 3.8) is 0 Å². The van der Waals surface area contributed by atoms with Crippen LogP contribution in [0, 0.1) is 0 Å². The van der Waals surface area contributed by atoms with Crippen molar-refractivity contribution in [1.29, 1.82) is 0 Å². The van der Waals surface area contributed by atoms with Crippen LogP contribution in [-0.4, -0.2) is 38.9 Å². The first kappa shape index (κ1) is 19.4. The molecule has 0 fully saturated rings. The van der Waals surface area contributed by atoms with Crippen molar-refractivity contribution < 1.29 is 19.1 Å². The van der Waals surface area contributed by atoms with Crippen LogP contribution < -0.4 is 10.6 Å². The zero-order valence-electron chi connectivity index (χ0n) is 15.3. The summed E-state index contributed by atoms with van der Waals surface area (Å²) in [4.78, 5) is 24.1. The third-order valence-electron chi connectivity index (χ3n) is 4.65. The minimum atomic E-state index is -0.685. The first-order chi connectivity index (χ1) is 12.1. The molecular formula is C19H28N2O4. The Balaban J connectivity index is 1.96. The van der Waals surface area contributed by atoms with Crippen LogP contribution in [0.2, 0.25) is 0 Å². The molecule has 0 saturated carbocycles. The highest BCUT2D eigenvalue weighted by Crippen LogP contribution is 2.26. The molecule has 0 radical (unpaired) electrons. The molecule has 2 N–H and O–H groups in total. The summed E-state index contributed by atoms with van der Waals surface area (Å²) in [6.45, 7) is 2.11. The molecule has 138 valence electrons. The first-order valence-electron chi connectivity index (χ1n) is 8.85. The maximum absolute atomic E-state index is 12.2. The molecule has 1 atom stereocenters. The zero-order chi connectivity index (χ0) is 18.2. The number of methoxy groups -OCH3 is 2. The largest absolute Gasteiger partial charge is 0.354 e. The number of hydrogen-bond donors (Lipinski definition) is 2. The van der Waals surface area contributed by atoms with E-state index < -0.39 is 18.1 Å². The predicted molar refractivity (Wildman–Crippen MR) is 95.1 cm³/mol. The Kier molecular flexibility index (Phi) is 7.40. The molecule has 2 amide bonds. The quantitative estimate of drug-likeness (QED) is 0.583. The molecular weight excluding hydrogens is 320 g/mol. The van der Waals surface area contributed by atoms with Gasteiger partial charge in [-0.1, -0.05) is 25.1 Å². The van der Waals surface area contributed by atoms with Gasteiger partial charge in [0.25, 0.3) is 0 Å². The van der Waals surface area contributed by atoms with Gasteiger partial charge in [0.05, 0.1) is 12.6 Å². The lowest BCUT2D eigenvalue weighted by molar-refractivity contribution is -0.142. The van der Waals surface area contributed by atoms with Gasteiger partial charge >= 0.3 is 11.8 Å². The predicted octanol–water partition coefficient (Wildman–Crippen LogP) is 1.87. The van der Waals surface area contributed by atoms with Gasteiger partial charge in [-0.2, -0.15) is 0 Å². The number of hydrogen-bond acceptors (Lipinski definition) is 4. The van der Waals surface area contributed by atoms with Crippen LogP contribution >= 0.6 is 0 Å². The molecule has 0 bridgehead atoms. The lowest BCUT2D eigenvalue weighted by Crippen LogP contribution is -2.44. The monoisotopic (exact) mass is 348 g/mol. The van der Waals surface area contributed by atoms with Crippen molar-refractivity contribution in [2.45, 2.75) is 51.4 Å². The highest BCUT2D eigenvalue weighted by atomic mass is 16.7. The van der Waals surface area contributed by atoms with Gasteiger partial charge in [-0.15, -0.1) is 0 Å². The summed E-state index contributed by atoms with van der Waals surface area (Å²) in [5, 5.41) is 5.33. The maximum Gasteiger partial charge on any atom is 0.309 e. The van der Waals surface area contributed by atoms with E-state index >= 15 is 0 Å². The van der Waals surface area contributed by atoms with Crippen LogP contribution in [0.15, 0.2) is 18.2 Å². The second kappa shape index (κ2) is 9.53. The number of ether oxygens (including phenoxy) is 2. The molecule has 1 aromatic carbocycles. The topological polar surface area (TPSA) is 76.7 Å². The molecule has 0 aliphatic heterocycles. The summed E-state index contributed by atoms with van der Waals surface area (Å²) < 4.78 is 9.97. The van der Waals surface area contributed by atoms with E-state index in [4.69, 9.17) is 9.47 Å². The first-order valence-corrected chi connectivity index (χ1v) is 8.85. The molecule has 0 spiro atoms. The summed E-state index contributed by atoms with van der Waals surface area (Å²) in [5.74, 6) is -1.33. The summed E-state index contributed by atoms with van der Waals surface area (Å²) >= 11 is 0. The van der Waals surface area contributed by atoms with Crippen LogP contribution in [-0.2, 0) is 31.9 Å². The number of carbonyl (C=O) groups is 2. The Morgan fingerprint density at radius 1 is 1.08 bits per heavy atom. The van der Waals surface area contributed by atoms with Gasteiger partial charge in [0, 0.05) is 14.2 Å². The van der Waals surface area contributed by atoms with E-state index in [-0.39, 0.29) is 12.6 Å². The van der Waals surface area contributed by atoms with Gasteiger partial charge in [0.2, 0.25) is 0 Å². The highest BCUT2D eigenvalue weighted by molar-refractivity contribution is 6.35. The fourth-order valence-corrected chi connectivity index (χ4v) is 3.13. The van der Waals surface area contributed by atoms with E-state index in [1.54, 1.807) is 0 Å². The summed E-state index contributed by atoms with van der Waals surface area (Å²) in [6.07, 6.45) is 4.81. The van der Waals surface area contributed by atoms with Crippen LogP contribution in [0.3, 0.4) is 0 Å². The normalized spacial score (nSPS) is 14.7. The average molecular weight is 348 g/mol. The molecule has 1 aromatic rings. The lowest BCUT2D eigenvalue weighted by atomic mass is 9.89. The molecule has 25 heavy (non-hydrogen) atoms. The van der Waals surface area contributed by atoms with Gasteiger partial charge in [-0.05, 0) is 48.8 Å². The van der Waals surface area contributed by atoms with E-state index in [1.165, 1.54) is 38.2 Å². The molecule has 1 aliphatic rings. The van der Waals surface area contributed by atoms with Crippen molar-refractivity contribution in [2.24, 2.45) is 0 Å². The molecule has 1 unspecified atom stereocenters. The van der Waals surface area contributed by atoms with Gasteiger partial charge in [-0.25, -0.2) is 0 Å². The maximum atomic E-state index is 12.2. The molecule has 6 heteroatoms. The van der Waals surface area contributed by atoms with E-state index in [1.807, 2.05) is 6.92 Å². The van der Waals surface area contributed by atoms with E-state index in [0.29, 0.717) is 0 Å². The fraction of sp³-hybridized carbons (Fsp3) is 0.579. The molecule has 0 heterocycles. The van der Waals surface area contributed by atoms with Gasteiger partial charge < -0.3 is 20.1 Å². The Hall–Kier alpha value is -1.92. The Morgan fingerprint density at radius 3 is 2.40 bits per heavy atom. The lowest BCUT2D eigenvalue weighted by Gasteiger charge is -2.21. The number of amides is 2. The van der Waals surface area contributed by atoms with E-state index in [0.717, 1.165) is 24.8 Å². The molecule has 6 nitrogen and oxygen atoms in total. The van der Waals surface area contributed by atoms with Crippen LogP contribution in [0.4, 0.5) is 0 Å². The van der Waals surface area contributed by atoms with Crippen LogP contribution in [0.1, 0.15) is 48.9 Å². The summed E-state index contributed by atoms with van der Waals surface area (Å²) in [5.41, 5.74) is 3.82. The second-order valence-electron chi connectivity index (χ2n) is 6.28. The molecule has 1 aliphatic carbocycles. The SMILES string of the molecule is CCC(NC(=O)C(=O)NCC(OC)OC)c1ccc2c(c1)CCCC2. The van der Waals surface area contributed by atoms with E-state index in [9.17, 15) is 9.59 Å². The van der Waals surface area contributed by atoms with Crippen molar-refractivity contribution in [2.75, 3.05) is 20.8 Å². The summed E-state index contributed by atoms with van der Waals surface area (Å²) in [6, 6.07) is 6.21. The number of carbonyl (C=O) groups excluding carboxylic acids is 2. The number of fused-ring (bicyclic) bond motifs is 1. The van der Waals surface area contributed by atoms with Crippen molar-refractivity contribution in [1.82, 2.24) is 10.6 Å². The second-order valence-corrected chi connectivity index (χ2v) is 6.28. The van der Waals surface area contributed by atoms with Crippen LogP contribution in [0.5, 0.6) is 0 Å². The third-order valence-corrected chi connectivity index (χ3v) is 4.65. The highest BCUT2D eigenvalue weighted by Gasteiger charge is 2.21. The zero-order valence-corrected chi connectivity index (χ0v) is 15.3. The number of aryl methyl sites for hydroxylation is 2. The molecule has 0 saturated heterocycles. The van der Waals surface area contributed by atoms with Gasteiger partial charge in [0.15, 0.2) is 6.29 Å². The molecule has 0 aromatic heterocycles. The van der Waals surface area contributed by atoms with E-state index in [2.05, 4.69) is 28.8 Å². The van der Waals surface area contributed by atoms with Crippen molar-refractivity contribution in [3.8, 4) is 0 Å². The number of nitrogens with one attached hydrogen (secondary N) is 2. The van der Waals surface area contributed by atoms with Gasteiger partial charge in [0.1, 0.15) is 0 Å². The van der Waals surface area contributed by atoms with Gasteiger partial charge in [-0.3, -0.25) is 9.59 Å². The third kappa shape index (κ3) is 5.28. The minimum absolute atomic E-state index is 0.120. The Morgan fingerprint density at radius 2 is 1.76 bits per heavy atom. The summed E-state index contributed by atoms with van der Waals surface area (Å²) in [7, 11) is 2.95. The Labute approximate surface area is 149 Å². The van der Waals surface area contributed by atoms with Crippen LogP contribution in [0.25, 0.3) is 0 Å².